The van der Waals surface area contributed by atoms with Gasteiger partial charge in [0, 0.05) is 35.9 Å². The summed E-state index contributed by atoms with van der Waals surface area (Å²) >= 11 is 1.69. The van der Waals surface area contributed by atoms with Gasteiger partial charge in [-0.05, 0) is 42.5 Å². The molecule has 180 valence electrons. The summed E-state index contributed by atoms with van der Waals surface area (Å²) in [6.07, 6.45) is -1.83. The van der Waals surface area contributed by atoms with Gasteiger partial charge < -0.3 is 9.88 Å². The van der Waals surface area contributed by atoms with Gasteiger partial charge in [0.2, 0.25) is 0 Å². The van der Waals surface area contributed by atoms with Gasteiger partial charge in [-0.15, -0.1) is 16.4 Å². The third kappa shape index (κ3) is 5.14. The zero-order valence-corrected chi connectivity index (χ0v) is 19.6. The second kappa shape index (κ2) is 9.96. The van der Waals surface area contributed by atoms with Gasteiger partial charge in [0.1, 0.15) is 11.6 Å². The quantitative estimate of drug-likeness (QED) is 0.339. The van der Waals surface area contributed by atoms with Crippen LogP contribution in [0.15, 0.2) is 35.7 Å². The van der Waals surface area contributed by atoms with E-state index in [1.165, 1.54) is 4.88 Å². The van der Waals surface area contributed by atoms with E-state index in [2.05, 4.69) is 45.0 Å². The Bertz CT molecular complexity index is 1260. The summed E-state index contributed by atoms with van der Waals surface area (Å²) in [5.74, 6) is -0.514. The van der Waals surface area contributed by atoms with Gasteiger partial charge in [-0.25, -0.2) is 9.97 Å². The summed E-state index contributed by atoms with van der Waals surface area (Å²) in [5.41, 5.74) is 2.17. The summed E-state index contributed by atoms with van der Waals surface area (Å²) < 4.78 is 40.1. The molecule has 0 radical (unpaired) electrons. The SMILES string of the molecule is CCC(CC)n1c(Cc2cccs2)nc2cc(C(=O)NCCc3nc(C(F)(F)F)n[nH]3)ccc21. The van der Waals surface area contributed by atoms with Gasteiger partial charge in [-0.3, -0.25) is 9.89 Å². The van der Waals surface area contributed by atoms with Gasteiger partial charge in [0.05, 0.1) is 11.0 Å². The van der Waals surface area contributed by atoms with Crippen LogP contribution in [0.4, 0.5) is 13.2 Å². The molecule has 1 aromatic carbocycles. The average molecular weight is 491 g/mol. The maximum atomic E-state index is 12.7. The maximum Gasteiger partial charge on any atom is 0.453 e. The molecule has 0 fully saturated rings. The zero-order valence-electron chi connectivity index (χ0n) is 18.8. The summed E-state index contributed by atoms with van der Waals surface area (Å²) in [7, 11) is 0. The summed E-state index contributed by atoms with van der Waals surface area (Å²) in [4.78, 5) is 22.2. The molecule has 11 heteroatoms. The van der Waals surface area contributed by atoms with E-state index < -0.39 is 12.0 Å². The third-order valence-corrected chi connectivity index (χ3v) is 6.55. The van der Waals surface area contributed by atoms with Crippen LogP contribution >= 0.6 is 11.3 Å². The van der Waals surface area contributed by atoms with E-state index >= 15 is 0 Å². The first-order valence-electron chi connectivity index (χ1n) is 11.1. The van der Waals surface area contributed by atoms with Gasteiger partial charge >= 0.3 is 6.18 Å². The number of aromatic amines is 1. The predicted molar refractivity (Wildman–Crippen MR) is 124 cm³/mol. The lowest BCUT2D eigenvalue weighted by atomic mass is 10.1. The van der Waals surface area contributed by atoms with Crippen LogP contribution in [-0.2, 0) is 19.0 Å². The molecule has 4 rings (SSSR count). The van der Waals surface area contributed by atoms with Crippen LogP contribution < -0.4 is 5.32 Å². The van der Waals surface area contributed by atoms with Crippen molar-refractivity contribution in [1.82, 2.24) is 30.0 Å². The number of nitrogens with one attached hydrogen (secondary N) is 2. The highest BCUT2D eigenvalue weighted by molar-refractivity contribution is 7.09. The van der Waals surface area contributed by atoms with E-state index in [1.54, 1.807) is 23.5 Å². The van der Waals surface area contributed by atoms with Crippen molar-refractivity contribution in [3.63, 3.8) is 0 Å². The monoisotopic (exact) mass is 490 g/mol. The Labute approximate surface area is 198 Å². The number of hydrogen-bond donors (Lipinski definition) is 2. The highest BCUT2D eigenvalue weighted by atomic mass is 32.1. The maximum absolute atomic E-state index is 12.7. The van der Waals surface area contributed by atoms with Crippen LogP contribution in [0, 0.1) is 0 Å². The van der Waals surface area contributed by atoms with Crippen molar-refractivity contribution in [3.05, 3.63) is 63.6 Å². The fourth-order valence-corrected chi connectivity index (χ4v) is 4.68. The van der Waals surface area contributed by atoms with E-state index in [0.717, 1.165) is 36.1 Å². The minimum absolute atomic E-state index is 0.0604. The van der Waals surface area contributed by atoms with Crippen LogP contribution in [0.1, 0.15) is 65.4 Å². The lowest BCUT2D eigenvalue weighted by Crippen LogP contribution is -2.26. The van der Waals surface area contributed by atoms with Crippen molar-refractivity contribution in [2.45, 2.75) is 51.7 Å². The molecule has 0 bridgehead atoms. The molecule has 2 N–H and O–H groups in total. The largest absolute Gasteiger partial charge is 0.453 e. The summed E-state index contributed by atoms with van der Waals surface area (Å²) in [5, 5.41) is 10.2. The number of thiophene rings is 1. The Balaban J connectivity index is 1.50. The first kappa shape index (κ1) is 23.9. The standard InChI is InChI=1S/C23H25F3N6OS/c1-3-15(4-2)32-18-8-7-14(12-17(18)28-20(32)13-16-6-5-11-34-16)21(33)27-10-9-19-29-22(31-30-19)23(24,25)26/h5-8,11-12,15H,3-4,9-10,13H2,1-2H3,(H,27,33)(H,29,30,31). The van der Waals surface area contributed by atoms with Crippen molar-refractivity contribution in [2.24, 2.45) is 0 Å². The number of H-pyrrole nitrogens is 1. The lowest BCUT2D eigenvalue weighted by molar-refractivity contribution is -0.144. The van der Waals surface area contributed by atoms with Crippen LogP contribution in [0.2, 0.25) is 0 Å². The highest BCUT2D eigenvalue weighted by Gasteiger charge is 2.35. The summed E-state index contributed by atoms with van der Waals surface area (Å²) in [6.45, 7) is 4.43. The van der Waals surface area contributed by atoms with E-state index in [0.29, 0.717) is 11.6 Å². The molecule has 0 spiro atoms. The lowest BCUT2D eigenvalue weighted by Gasteiger charge is -2.18. The molecular formula is C23H25F3N6OS. The number of alkyl halides is 3. The van der Waals surface area contributed by atoms with Crippen molar-refractivity contribution in [1.29, 1.82) is 0 Å². The Kier molecular flexibility index (Phi) is 7.01. The van der Waals surface area contributed by atoms with E-state index in [4.69, 9.17) is 4.98 Å². The Morgan fingerprint density at radius 3 is 2.65 bits per heavy atom. The molecule has 34 heavy (non-hydrogen) atoms. The molecule has 1 amide bonds. The number of carbonyl (C=O) groups excluding carboxylic acids is 1. The third-order valence-electron chi connectivity index (χ3n) is 5.68. The van der Waals surface area contributed by atoms with Gasteiger partial charge in [0.15, 0.2) is 0 Å². The van der Waals surface area contributed by atoms with Gasteiger partial charge in [-0.1, -0.05) is 19.9 Å². The van der Waals surface area contributed by atoms with Crippen LogP contribution in [-0.4, -0.2) is 37.2 Å². The number of halogens is 3. The van der Waals surface area contributed by atoms with Crippen molar-refractivity contribution in [2.75, 3.05) is 6.54 Å². The number of aromatic nitrogens is 5. The molecular weight excluding hydrogens is 465 g/mol. The summed E-state index contributed by atoms with van der Waals surface area (Å²) in [6, 6.07) is 9.85. The van der Waals surface area contributed by atoms with Crippen LogP contribution in [0.25, 0.3) is 11.0 Å². The molecule has 0 aliphatic carbocycles. The van der Waals surface area contributed by atoms with Crippen molar-refractivity contribution < 1.29 is 18.0 Å². The van der Waals surface area contributed by atoms with Crippen molar-refractivity contribution >= 4 is 28.3 Å². The van der Waals surface area contributed by atoms with Gasteiger partial charge in [-0.2, -0.15) is 13.2 Å². The highest BCUT2D eigenvalue weighted by Crippen LogP contribution is 2.28. The minimum atomic E-state index is -4.60. The second-order valence-corrected chi connectivity index (χ2v) is 8.97. The number of amides is 1. The van der Waals surface area contributed by atoms with Gasteiger partial charge in [0.25, 0.3) is 11.7 Å². The number of hydrogen-bond acceptors (Lipinski definition) is 5. The number of fused-ring (bicyclic) bond motifs is 1. The van der Waals surface area contributed by atoms with E-state index in [1.807, 2.05) is 17.5 Å². The Hall–Kier alpha value is -3.21. The topological polar surface area (TPSA) is 88.5 Å². The van der Waals surface area contributed by atoms with Crippen LogP contribution in [0.5, 0.6) is 0 Å². The first-order chi connectivity index (χ1) is 16.3. The molecule has 0 unspecified atom stereocenters. The molecule has 0 aliphatic heterocycles. The van der Waals surface area contributed by atoms with Crippen LogP contribution in [0.3, 0.4) is 0 Å². The number of carbonyl (C=O) groups is 1. The molecule has 0 saturated heterocycles. The number of benzene rings is 1. The second-order valence-electron chi connectivity index (χ2n) is 7.94. The molecule has 0 saturated carbocycles. The average Bonchev–Trinajstić information content (AvgIpc) is 3.55. The molecule has 7 nitrogen and oxygen atoms in total. The fraction of sp³-hybridized carbons (Fsp3) is 0.391. The minimum Gasteiger partial charge on any atom is -0.352 e. The zero-order chi connectivity index (χ0) is 24.3. The molecule has 3 aromatic heterocycles. The van der Waals surface area contributed by atoms with E-state index in [-0.39, 0.29) is 24.7 Å². The predicted octanol–water partition coefficient (Wildman–Crippen LogP) is 5.16. The number of rotatable bonds is 9. The fourth-order valence-electron chi connectivity index (χ4n) is 3.98. The Morgan fingerprint density at radius 1 is 1.21 bits per heavy atom. The van der Waals surface area contributed by atoms with E-state index in [9.17, 15) is 18.0 Å². The smallest absolute Gasteiger partial charge is 0.352 e. The number of imidazole rings is 1. The van der Waals surface area contributed by atoms with Crippen molar-refractivity contribution in [3.8, 4) is 0 Å². The Morgan fingerprint density at radius 2 is 2.00 bits per heavy atom. The molecule has 3 heterocycles. The first-order valence-corrected chi connectivity index (χ1v) is 12.0. The number of nitrogens with zero attached hydrogens (tertiary/aromatic N) is 4. The molecule has 4 aromatic rings. The normalized spacial score (nSPS) is 12.1. The molecule has 0 atom stereocenters. The molecule has 0 aliphatic rings.